The fourth-order valence-electron chi connectivity index (χ4n) is 4.37. The second-order valence-corrected chi connectivity index (χ2v) is 9.04. The Morgan fingerprint density at radius 2 is 1.79 bits per heavy atom. The quantitative estimate of drug-likeness (QED) is 0.452. The van der Waals surface area contributed by atoms with Gasteiger partial charge in [0, 0.05) is 35.7 Å². The molecule has 1 unspecified atom stereocenters. The highest BCUT2D eigenvalue weighted by Gasteiger charge is 2.39. The second kappa shape index (κ2) is 8.95. The Kier molecular flexibility index (Phi) is 5.83. The summed E-state index contributed by atoms with van der Waals surface area (Å²) in [6.45, 7) is 0.161. The van der Waals surface area contributed by atoms with Gasteiger partial charge in [-0.15, -0.1) is 0 Å². The summed E-state index contributed by atoms with van der Waals surface area (Å²) in [6, 6.07) is 18.2. The van der Waals surface area contributed by atoms with Gasteiger partial charge in [-0.3, -0.25) is 14.5 Å². The maximum absolute atomic E-state index is 14.2. The summed E-state index contributed by atoms with van der Waals surface area (Å²) in [5, 5.41) is 4.57. The van der Waals surface area contributed by atoms with Gasteiger partial charge >= 0.3 is 0 Å². The van der Waals surface area contributed by atoms with Gasteiger partial charge < -0.3 is 9.88 Å². The third-order valence-corrected chi connectivity index (χ3v) is 7.10. The molecule has 0 aliphatic carbocycles. The fourth-order valence-corrected chi connectivity index (χ4v) is 5.43. The number of fused-ring (bicyclic) bond motifs is 3. The largest absolute Gasteiger partial charge is 0.350 e. The molecule has 0 fully saturated rings. The van der Waals surface area contributed by atoms with E-state index >= 15 is 0 Å². The minimum atomic E-state index is -1.01. The number of para-hydroxylation sites is 1. The summed E-state index contributed by atoms with van der Waals surface area (Å²) in [4.78, 5) is 28.4. The van der Waals surface area contributed by atoms with Crippen LogP contribution in [0.2, 0.25) is 0 Å². The van der Waals surface area contributed by atoms with Gasteiger partial charge in [-0.25, -0.2) is 8.78 Å². The SMILES string of the molecule is Cn1c2c(c3ccccc31)C(C(=O)NCc1ccc(F)cc1)N(c1cccc(F)c1)C(=O)CS2. The van der Waals surface area contributed by atoms with Crippen molar-refractivity contribution in [3.8, 4) is 0 Å². The number of aromatic nitrogens is 1. The molecule has 34 heavy (non-hydrogen) atoms. The Labute approximate surface area is 199 Å². The number of carbonyl (C=O) groups is 2. The van der Waals surface area contributed by atoms with Gasteiger partial charge in [-0.2, -0.15) is 0 Å². The maximum atomic E-state index is 14.2. The van der Waals surface area contributed by atoms with Gasteiger partial charge in [0.05, 0.1) is 10.8 Å². The monoisotopic (exact) mass is 477 g/mol. The number of thioether (sulfide) groups is 1. The predicted octanol–water partition coefficient (Wildman–Crippen LogP) is 4.95. The number of carbonyl (C=O) groups excluding carboxylic acids is 2. The molecule has 1 aliphatic rings. The molecule has 0 radical (unpaired) electrons. The first-order valence-corrected chi connectivity index (χ1v) is 11.7. The zero-order chi connectivity index (χ0) is 23.8. The first-order valence-electron chi connectivity index (χ1n) is 10.7. The lowest BCUT2D eigenvalue weighted by molar-refractivity contribution is -0.125. The van der Waals surface area contributed by atoms with Gasteiger partial charge in [0.2, 0.25) is 11.8 Å². The average Bonchev–Trinajstić information content (AvgIpc) is 3.01. The van der Waals surface area contributed by atoms with Gasteiger partial charge in [0.15, 0.2) is 0 Å². The maximum Gasteiger partial charge on any atom is 0.248 e. The molecule has 4 aromatic rings. The van der Waals surface area contributed by atoms with Crippen molar-refractivity contribution in [2.75, 3.05) is 10.7 Å². The molecular formula is C26H21F2N3O2S. The van der Waals surface area contributed by atoms with Crippen LogP contribution >= 0.6 is 11.8 Å². The topological polar surface area (TPSA) is 54.3 Å². The molecule has 1 atom stereocenters. The van der Waals surface area contributed by atoms with Crippen LogP contribution < -0.4 is 10.2 Å². The summed E-state index contributed by atoms with van der Waals surface area (Å²) >= 11 is 1.37. The summed E-state index contributed by atoms with van der Waals surface area (Å²) < 4.78 is 29.4. The van der Waals surface area contributed by atoms with Gasteiger partial charge in [-0.05, 0) is 42.0 Å². The average molecular weight is 478 g/mol. The third-order valence-electron chi connectivity index (χ3n) is 5.94. The van der Waals surface area contributed by atoms with Crippen LogP contribution in [0.5, 0.6) is 0 Å². The van der Waals surface area contributed by atoms with Gasteiger partial charge in [-0.1, -0.05) is 48.2 Å². The number of hydrogen-bond acceptors (Lipinski definition) is 3. The lowest BCUT2D eigenvalue weighted by atomic mass is 10.0. The van der Waals surface area contributed by atoms with E-state index in [1.165, 1.54) is 47.0 Å². The van der Waals surface area contributed by atoms with Crippen LogP contribution in [0.4, 0.5) is 14.5 Å². The lowest BCUT2D eigenvalue weighted by Crippen LogP contribution is -2.43. The van der Waals surface area contributed by atoms with E-state index in [2.05, 4.69) is 5.32 Å². The normalized spacial score (nSPS) is 15.8. The van der Waals surface area contributed by atoms with E-state index in [4.69, 9.17) is 0 Å². The van der Waals surface area contributed by atoms with Gasteiger partial charge in [0.1, 0.15) is 17.7 Å². The molecule has 5 rings (SSSR count). The first-order chi connectivity index (χ1) is 16.4. The van der Waals surface area contributed by atoms with Crippen LogP contribution in [-0.2, 0) is 23.2 Å². The third kappa shape index (κ3) is 3.94. The van der Waals surface area contributed by atoms with Crippen molar-refractivity contribution in [2.45, 2.75) is 17.6 Å². The molecule has 2 amide bonds. The highest BCUT2D eigenvalue weighted by molar-refractivity contribution is 8.00. The predicted molar refractivity (Wildman–Crippen MR) is 129 cm³/mol. The number of benzene rings is 3. The number of halogens is 2. The zero-order valence-electron chi connectivity index (χ0n) is 18.3. The Hall–Kier alpha value is -3.65. The van der Waals surface area contributed by atoms with Crippen molar-refractivity contribution in [1.82, 2.24) is 9.88 Å². The van der Waals surface area contributed by atoms with Crippen molar-refractivity contribution < 1.29 is 18.4 Å². The highest BCUT2D eigenvalue weighted by atomic mass is 32.2. The zero-order valence-corrected chi connectivity index (χ0v) is 19.1. The Balaban J connectivity index is 1.63. The molecule has 172 valence electrons. The minimum Gasteiger partial charge on any atom is -0.350 e. The van der Waals surface area contributed by atoms with E-state index < -0.39 is 17.8 Å². The molecule has 1 aromatic heterocycles. The van der Waals surface area contributed by atoms with E-state index in [0.717, 1.165) is 21.5 Å². The molecule has 5 nitrogen and oxygen atoms in total. The lowest BCUT2D eigenvalue weighted by Gasteiger charge is -2.30. The molecule has 3 aromatic carbocycles. The Morgan fingerprint density at radius 1 is 1.03 bits per heavy atom. The Morgan fingerprint density at radius 3 is 2.56 bits per heavy atom. The van der Waals surface area contributed by atoms with Gasteiger partial charge in [0.25, 0.3) is 0 Å². The number of hydrogen-bond donors (Lipinski definition) is 1. The second-order valence-electron chi connectivity index (χ2n) is 8.07. The first kappa shape index (κ1) is 22.2. The molecular weight excluding hydrogens is 456 g/mol. The molecule has 0 saturated heterocycles. The van der Waals surface area contributed by atoms with Crippen molar-refractivity contribution in [3.63, 3.8) is 0 Å². The number of rotatable bonds is 4. The molecule has 8 heteroatoms. The van der Waals surface area contributed by atoms with Crippen LogP contribution in [0.15, 0.2) is 77.8 Å². The van der Waals surface area contributed by atoms with E-state index in [1.807, 2.05) is 35.9 Å². The molecule has 0 saturated carbocycles. The molecule has 2 heterocycles. The smallest absolute Gasteiger partial charge is 0.248 e. The van der Waals surface area contributed by atoms with Crippen LogP contribution in [0, 0.1) is 11.6 Å². The molecule has 1 N–H and O–H groups in total. The standard InChI is InChI=1S/C26H21F2N3O2S/c1-30-21-8-3-2-7-20(21)23-24(25(33)29-14-16-9-11-17(27)12-10-16)31(22(32)15-34-26(23)30)19-6-4-5-18(28)13-19/h2-13,24H,14-15H2,1H3,(H,29,33). The number of nitrogens with one attached hydrogen (secondary N) is 1. The van der Waals surface area contributed by atoms with Crippen molar-refractivity contribution in [3.05, 3.63) is 95.6 Å². The summed E-state index contributed by atoms with van der Waals surface area (Å²) in [6.07, 6.45) is 0. The molecule has 0 bridgehead atoms. The van der Waals surface area contributed by atoms with Crippen molar-refractivity contribution >= 4 is 40.2 Å². The summed E-state index contributed by atoms with van der Waals surface area (Å²) in [5.41, 5.74) is 2.67. The van der Waals surface area contributed by atoms with E-state index in [1.54, 1.807) is 18.2 Å². The minimum absolute atomic E-state index is 0.107. The van der Waals surface area contributed by atoms with Crippen LogP contribution in [0.25, 0.3) is 10.9 Å². The van der Waals surface area contributed by atoms with E-state index in [-0.39, 0.29) is 24.0 Å². The number of anilines is 1. The number of aryl methyl sites for hydroxylation is 1. The van der Waals surface area contributed by atoms with Crippen LogP contribution in [-0.4, -0.2) is 22.1 Å². The van der Waals surface area contributed by atoms with Crippen LogP contribution in [0.3, 0.4) is 0 Å². The summed E-state index contributed by atoms with van der Waals surface area (Å²) in [5.74, 6) is -1.44. The summed E-state index contributed by atoms with van der Waals surface area (Å²) in [7, 11) is 1.91. The van der Waals surface area contributed by atoms with Crippen molar-refractivity contribution in [1.29, 1.82) is 0 Å². The molecule has 0 spiro atoms. The van der Waals surface area contributed by atoms with Crippen molar-refractivity contribution in [2.24, 2.45) is 7.05 Å². The fraction of sp³-hybridized carbons (Fsp3) is 0.154. The Bertz CT molecular complexity index is 1400. The van der Waals surface area contributed by atoms with Crippen LogP contribution in [0.1, 0.15) is 17.2 Å². The number of amides is 2. The molecule has 1 aliphatic heterocycles. The van der Waals surface area contributed by atoms with E-state index in [0.29, 0.717) is 11.3 Å². The highest BCUT2D eigenvalue weighted by Crippen LogP contribution is 2.43. The number of nitrogens with zero attached hydrogens (tertiary/aromatic N) is 2. The van der Waals surface area contributed by atoms with E-state index in [9.17, 15) is 18.4 Å².